The van der Waals surface area contributed by atoms with Crippen LogP contribution in [-0.4, -0.2) is 0 Å². The Bertz CT molecular complexity index is 532. The third-order valence-electron chi connectivity index (χ3n) is 2.60. The molecule has 2 aromatic rings. The summed E-state index contributed by atoms with van der Waals surface area (Å²) in [6, 6.07) is 11.6. The number of benzene rings is 2. The summed E-state index contributed by atoms with van der Waals surface area (Å²) in [5.74, 6) is -0.214. The van der Waals surface area contributed by atoms with Crippen molar-refractivity contribution in [3.05, 3.63) is 57.8 Å². The van der Waals surface area contributed by atoms with Crippen LogP contribution in [0.1, 0.15) is 11.1 Å². The molecule has 0 amide bonds. The Balaban J connectivity index is 2.60. The lowest BCUT2D eigenvalue weighted by Crippen LogP contribution is -1.87. The van der Waals surface area contributed by atoms with Crippen LogP contribution in [0.15, 0.2) is 40.9 Å². The van der Waals surface area contributed by atoms with Gasteiger partial charge in [0.15, 0.2) is 0 Å². The second-order valence-corrected chi connectivity index (χ2v) is 4.81. The first-order valence-corrected chi connectivity index (χ1v) is 5.90. The van der Waals surface area contributed by atoms with E-state index in [0.717, 1.165) is 16.7 Å². The highest BCUT2D eigenvalue weighted by Gasteiger charge is 2.07. The van der Waals surface area contributed by atoms with Crippen LogP contribution in [0.4, 0.5) is 4.39 Å². The lowest BCUT2D eigenvalue weighted by atomic mass is 9.99. The van der Waals surface area contributed by atoms with E-state index in [0.29, 0.717) is 4.47 Å². The van der Waals surface area contributed by atoms with Crippen molar-refractivity contribution >= 4 is 15.9 Å². The highest BCUT2D eigenvalue weighted by Crippen LogP contribution is 2.29. The fourth-order valence-electron chi connectivity index (χ4n) is 1.77. The van der Waals surface area contributed by atoms with E-state index >= 15 is 0 Å². The smallest absolute Gasteiger partial charge is 0.137 e. The van der Waals surface area contributed by atoms with E-state index in [1.165, 1.54) is 5.56 Å². The SMILES string of the molecule is Cc1cccc(-c2cc(Br)c(F)cc2C)c1. The minimum Gasteiger partial charge on any atom is -0.206 e. The van der Waals surface area contributed by atoms with Crippen molar-refractivity contribution in [2.24, 2.45) is 0 Å². The Kier molecular flexibility index (Phi) is 3.10. The first-order valence-electron chi connectivity index (χ1n) is 5.10. The van der Waals surface area contributed by atoms with Crippen LogP contribution in [0.2, 0.25) is 0 Å². The minimum atomic E-state index is -0.214. The Morgan fingerprint density at radius 3 is 2.50 bits per heavy atom. The number of hydrogen-bond acceptors (Lipinski definition) is 0. The van der Waals surface area contributed by atoms with Gasteiger partial charge in [0.25, 0.3) is 0 Å². The van der Waals surface area contributed by atoms with Crippen molar-refractivity contribution in [1.82, 2.24) is 0 Å². The molecule has 0 unspecified atom stereocenters. The van der Waals surface area contributed by atoms with Gasteiger partial charge in [-0.25, -0.2) is 4.39 Å². The molecule has 0 aromatic heterocycles. The molecule has 82 valence electrons. The summed E-state index contributed by atoms with van der Waals surface area (Å²) in [6.45, 7) is 3.98. The zero-order chi connectivity index (χ0) is 11.7. The predicted octanol–water partition coefficient (Wildman–Crippen LogP) is 4.87. The summed E-state index contributed by atoms with van der Waals surface area (Å²) >= 11 is 3.22. The van der Waals surface area contributed by atoms with E-state index in [1.54, 1.807) is 6.07 Å². The quantitative estimate of drug-likeness (QED) is 0.698. The standard InChI is InChI=1S/C14H12BrF/c1-9-4-3-5-11(6-9)12-8-13(15)14(16)7-10(12)2/h3-8H,1-2H3. The maximum atomic E-state index is 13.3. The fraction of sp³-hybridized carbons (Fsp3) is 0.143. The molecule has 0 heterocycles. The molecular weight excluding hydrogens is 267 g/mol. The van der Waals surface area contributed by atoms with Gasteiger partial charge < -0.3 is 0 Å². The molecule has 0 N–H and O–H groups in total. The van der Waals surface area contributed by atoms with Crippen LogP contribution in [0.3, 0.4) is 0 Å². The summed E-state index contributed by atoms with van der Waals surface area (Å²) in [6.07, 6.45) is 0. The van der Waals surface area contributed by atoms with E-state index in [1.807, 2.05) is 25.1 Å². The van der Waals surface area contributed by atoms with Crippen LogP contribution >= 0.6 is 15.9 Å². The van der Waals surface area contributed by atoms with Gasteiger partial charge in [0.2, 0.25) is 0 Å². The van der Waals surface area contributed by atoms with E-state index in [-0.39, 0.29) is 5.82 Å². The molecular formula is C14H12BrF. The lowest BCUT2D eigenvalue weighted by Gasteiger charge is -2.08. The molecule has 2 heteroatoms. The molecule has 0 radical (unpaired) electrons. The van der Waals surface area contributed by atoms with Crippen molar-refractivity contribution in [2.45, 2.75) is 13.8 Å². The van der Waals surface area contributed by atoms with Crippen molar-refractivity contribution in [2.75, 3.05) is 0 Å². The maximum Gasteiger partial charge on any atom is 0.137 e. The van der Waals surface area contributed by atoms with Gasteiger partial charge in [-0.1, -0.05) is 29.8 Å². The first-order chi connectivity index (χ1) is 7.58. The van der Waals surface area contributed by atoms with Gasteiger partial charge in [0.05, 0.1) is 4.47 Å². The third kappa shape index (κ3) is 2.17. The normalized spacial score (nSPS) is 10.5. The van der Waals surface area contributed by atoms with E-state index in [4.69, 9.17) is 0 Å². The second-order valence-electron chi connectivity index (χ2n) is 3.95. The third-order valence-corrected chi connectivity index (χ3v) is 3.20. The Hall–Kier alpha value is -1.15. The molecule has 2 aromatic carbocycles. The Labute approximate surface area is 103 Å². The van der Waals surface area contributed by atoms with Gasteiger partial charge in [-0.2, -0.15) is 0 Å². The Morgan fingerprint density at radius 1 is 1.06 bits per heavy atom. The van der Waals surface area contributed by atoms with Crippen LogP contribution in [0.5, 0.6) is 0 Å². The predicted molar refractivity (Wildman–Crippen MR) is 69.0 cm³/mol. The fourth-order valence-corrected chi connectivity index (χ4v) is 2.11. The summed E-state index contributed by atoms with van der Waals surface area (Å²) in [7, 11) is 0. The zero-order valence-corrected chi connectivity index (χ0v) is 10.8. The minimum absolute atomic E-state index is 0.214. The van der Waals surface area contributed by atoms with Crippen LogP contribution in [0, 0.1) is 19.7 Å². The molecule has 0 spiro atoms. The van der Waals surface area contributed by atoms with Crippen molar-refractivity contribution < 1.29 is 4.39 Å². The summed E-state index contributed by atoms with van der Waals surface area (Å²) in [5.41, 5.74) is 4.35. The van der Waals surface area contributed by atoms with Gasteiger partial charge >= 0.3 is 0 Å². The highest BCUT2D eigenvalue weighted by molar-refractivity contribution is 9.10. The summed E-state index contributed by atoms with van der Waals surface area (Å²) in [4.78, 5) is 0. The maximum absolute atomic E-state index is 13.3. The largest absolute Gasteiger partial charge is 0.206 e. The molecule has 0 saturated carbocycles. The molecule has 0 saturated heterocycles. The molecule has 0 nitrogen and oxygen atoms in total. The van der Waals surface area contributed by atoms with Gasteiger partial charge in [0.1, 0.15) is 5.82 Å². The number of aryl methyl sites for hydroxylation is 2. The molecule has 16 heavy (non-hydrogen) atoms. The molecule has 0 fully saturated rings. The number of hydrogen-bond donors (Lipinski definition) is 0. The summed E-state index contributed by atoms with van der Waals surface area (Å²) in [5, 5.41) is 0. The molecule has 0 aliphatic rings. The molecule has 0 bridgehead atoms. The average Bonchev–Trinajstić information content (AvgIpc) is 2.23. The van der Waals surface area contributed by atoms with Crippen LogP contribution in [0.25, 0.3) is 11.1 Å². The van der Waals surface area contributed by atoms with E-state index < -0.39 is 0 Å². The van der Waals surface area contributed by atoms with E-state index in [9.17, 15) is 4.39 Å². The summed E-state index contributed by atoms with van der Waals surface area (Å²) < 4.78 is 13.8. The Morgan fingerprint density at radius 2 is 1.81 bits per heavy atom. The molecule has 2 rings (SSSR count). The zero-order valence-electron chi connectivity index (χ0n) is 9.22. The van der Waals surface area contributed by atoms with Crippen molar-refractivity contribution in [3.63, 3.8) is 0 Å². The van der Waals surface area contributed by atoms with E-state index in [2.05, 4.69) is 35.0 Å². The molecule has 0 atom stereocenters. The molecule has 0 aliphatic heterocycles. The average molecular weight is 279 g/mol. The number of rotatable bonds is 1. The van der Waals surface area contributed by atoms with Crippen molar-refractivity contribution in [3.8, 4) is 11.1 Å². The van der Waals surface area contributed by atoms with Crippen LogP contribution < -0.4 is 0 Å². The van der Waals surface area contributed by atoms with Gasteiger partial charge in [-0.05, 0) is 58.6 Å². The van der Waals surface area contributed by atoms with Crippen molar-refractivity contribution in [1.29, 1.82) is 0 Å². The first kappa shape index (κ1) is 11.3. The van der Waals surface area contributed by atoms with Crippen LogP contribution in [-0.2, 0) is 0 Å². The van der Waals surface area contributed by atoms with Gasteiger partial charge in [-0.3, -0.25) is 0 Å². The number of halogens is 2. The topological polar surface area (TPSA) is 0 Å². The van der Waals surface area contributed by atoms with Gasteiger partial charge in [-0.15, -0.1) is 0 Å². The van der Waals surface area contributed by atoms with Gasteiger partial charge in [0, 0.05) is 0 Å². The molecule has 0 aliphatic carbocycles. The second kappa shape index (κ2) is 4.38. The highest BCUT2D eigenvalue weighted by atomic mass is 79.9. The lowest BCUT2D eigenvalue weighted by molar-refractivity contribution is 0.620. The monoisotopic (exact) mass is 278 g/mol.